The van der Waals surface area contributed by atoms with Gasteiger partial charge in [-0.25, -0.2) is 9.78 Å². The Labute approximate surface area is 140 Å². The van der Waals surface area contributed by atoms with Crippen molar-refractivity contribution in [3.05, 3.63) is 30.1 Å². The first-order chi connectivity index (χ1) is 11.3. The Morgan fingerprint density at radius 1 is 1.08 bits per heavy atom. The highest BCUT2D eigenvalue weighted by Crippen LogP contribution is 2.15. The van der Waals surface area contributed by atoms with E-state index in [-0.39, 0.29) is 12.0 Å². The molecule has 1 aromatic heterocycles. The van der Waals surface area contributed by atoms with E-state index in [1.165, 1.54) is 0 Å². The van der Waals surface area contributed by atoms with Crippen molar-refractivity contribution in [2.45, 2.75) is 26.4 Å². The molecular weight excluding hydrogens is 308 g/mol. The second-order valence-corrected chi connectivity index (χ2v) is 6.86. The van der Waals surface area contributed by atoms with Gasteiger partial charge < -0.3 is 19.5 Å². The number of aromatic amines is 1. The summed E-state index contributed by atoms with van der Waals surface area (Å²) in [4.78, 5) is 35.4. The van der Waals surface area contributed by atoms with E-state index >= 15 is 0 Å². The number of carbonyl (C=O) groups excluding carboxylic acids is 2. The van der Waals surface area contributed by atoms with Gasteiger partial charge in [-0.15, -0.1) is 0 Å². The lowest BCUT2D eigenvalue weighted by Crippen LogP contribution is -2.51. The fraction of sp³-hybridized carbons (Fsp3) is 0.471. The third-order valence-electron chi connectivity index (χ3n) is 3.81. The van der Waals surface area contributed by atoms with Gasteiger partial charge in [0.15, 0.2) is 5.82 Å². The van der Waals surface area contributed by atoms with E-state index < -0.39 is 5.60 Å². The summed E-state index contributed by atoms with van der Waals surface area (Å²) in [7, 11) is 0. The molecule has 128 valence electrons. The summed E-state index contributed by atoms with van der Waals surface area (Å²) in [6.07, 6.45) is -0.335. The Bertz CT molecular complexity index is 722. The predicted molar refractivity (Wildman–Crippen MR) is 89.8 cm³/mol. The SMILES string of the molecule is CC(C)(C)OC(=O)N1CCN(C(=O)c2nc3ccccc3[nH]2)CC1. The van der Waals surface area contributed by atoms with Gasteiger partial charge in [-0.2, -0.15) is 0 Å². The van der Waals surface area contributed by atoms with Gasteiger partial charge in [-0.05, 0) is 32.9 Å². The van der Waals surface area contributed by atoms with E-state index in [0.29, 0.717) is 32.0 Å². The van der Waals surface area contributed by atoms with Gasteiger partial charge in [0.25, 0.3) is 5.91 Å². The Morgan fingerprint density at radius 3 is 2.33 bits per heavy atom. The van der Waals surface area contributed by atoms with Crippen LogP contribution in [-0.4, -0.2) is 63.5 Å². The molecule has 0 aliphatic carbocycles. The van der Waals surface area contributed by atoms with Crippen LogP contribution in [0.5, 0.6) is 0 Å². The zero-order chi connectivity index (χ0) is 17.3. The second-order valence-electron chi connectivity index (χ2n) is 6.86. The van der Waals surface area contributed by atoms with Crippen LogP contribution in [0.15, 0.2) is 24.3 Å². The van der Waals surface area contributed by atoms with Gasteiger partial charge in [-0.1, -0.05) is 12.1 Å². The summed E-state index contributed by atoms with van der Waals surface area (Å²) >= 11 is 0. The van der Waals surface area contributed by atoms with E-state index in [0.717, 1.165) is 11.0 Å². The fourth-order valence-electron chi connectivity index (χ4n) is 2.62. The van der Waals surface area contributed by atoms with E-state index in [9.17, 15) is 9.59 Å². The number of nitrogens with one attached hydrogen (secondary N) is 1. The number of fused-ring (bicyclic) bond motifs is 1. The first kappa shape index (κ1) is 16.3. The summed E-state index contributed by atoms with van der Waals surface area (Å²) in [5, 5.41) is 0. The van der Waals surface area contributed by atoms with Gasteiger partial charge in [-0.3, -0.25) is 4.79 Å². The number of para-hydroxylation sites is 2. The number of piperazine rings is 1. The lowest BCUT2D eigenvalue weighted by atomic mass is 10.2. The average molecular weight is 330 g/mol. The minimum absolute atomic E-state index is 0.143. The van der Waals surface area contributed by atoms with Crippen LogP contribution in [-0.2, 0) is 4.74 Å². The second kappa shape index (κ2) is 6.14. The van der Waals surface area contributed by atoms with E-state index in [2.05, 4.69) is 9.97 Å². The van der Waals surface area contributed by atoms with Gasteiger partial charge in [0.1, 0.15) is 5.60 Å². The molecule has 0 spiro atoms. The van der Waals surface area contributed by atoms with Crippen LogP contribution in [0, 0.1) is 0 Å². The van der Waals surface area contributed by atoms with E-state index in [1.54, 1.807) is 9.80 Å². The number of nitrogens with zero attached hydrogens (tertiary/aromatic N) is 3. The number of hydrogen-bond acceptors (Lipinski definition) is 4. The molecule has 1 aliphatic rings. The summed E-state index contributed by atoms with van der Waals surface area (Å²) in [5.74, 6) is 0.192. The maximum Gasteiger partial charge on any atom is 0.410 e. The molecule has 7 nitrogen and oxygen atoms in total. The zero-order valence-corrected chi connectivity index (χ0v) is 14.2. The number of benzene rings is 1. The molecule has 0 unspecified atom stereocenters. The van der Waals surface area contributed by atoms with Crippen molar-refractivity contribution in [3.63, 3.8) is 0 Å². The highest BCUT2D eigenvalue weighted by molar-refractivity contribution is 5.94. The third-order valence-corrected chi connectivity index (χ3v) is 3.81. The highest BCUT2D eigenvalue weighted by Gasteiger charge is 2.29. The molecule has 7 heteroatoms. The molecular formula is C17H22N4O3. The molecule has 0 saturated carbocycles. The maximum atomic E-state index is 12.6. The van der Waals surface area contributed by atoms with Crippen molar-refractivity contribution in [3.8, 4) is 0 Å². The minimum Gasteiger partial charge on any atom is -0.444 e. The predicted octanol–water partition coefficient (Wildman–Crippen LogP) is 2.26. The summed E-state index contributed by atoms with van der Waals surface area (Å²) in [5.41, 5.74) is 1.10. The standard InChI is InChI=1S/C17H22N4O3/c1-17(2,3)24-16(23)21-10-8-20(9-11-21)15(22)14-18-12-6-4-5-7-13(12)19-14/h4-7H,8-11H2,1-3H3,(H,18,19). The van der Waals surface area contributed by atoms with Crippen LogP contribution in [0.2, 0.25) is 0 Å². The Kier molecular flexibility index (Phi) is 4.17. The van der Waals surface area contributed by atoms with Crippen LogP contribution in [0.3, 0.4) is 0 Å². The number of H-pyrrole nitrogens is 1. The van der Waals surface area contributed by atoms with Crippen molar-refractivity contribution in [1.29, 1.82) is 0 Å². The van der Waals surface area contributed by atoms with Crippen LogP contribution in [0.4, 0.5) is 4.79 Å². The summed E-state index contributed by atoms with van der Waals surface area (Å²) in [6.45, 7) is 7.37. The highest BCUT2D eigenvalue weighted by atomic mass is 16.6. The zero-order valence-electron chi connectivity index (χ0n) is 14.2. The average Bonchev–Trinajstić information content (AvgIpc) is 2.96. The fourth-order valence-corrected chi connectivity index (χ4v) is 2.62. The van der Waals surface area contributed by atoms with Gasteiger partial charge >= 0.3 is 6.09 Å². The quantitative estimate of drug-likeness (QED) is 0.870. The van der Waals surface area contributed by atoms with Gasteiger partial charge in [0, 0.05) is 26.2 Å². The number of ether oxygens (including phenoxy) is 1. The molecule has 1 aliphatic heterocycles. The molecule has 1 saturated heterocycles. The molecule has 2 heterocycles. The first-order valence-electron chi connectivity index (χ1n) is 8.05. The van der Waals surface area contributed by atoms with E-state index in [1.807, 2.05) is 45.0 Å². The Balaban J connectivity index is 1.62. The first-order valence-corrected chi connectivity index (χ1v) is 8.05. The lowest BCUT2D eigenvalue weighted by molar-refractivity contribution is 0.0139. The minimum atomic E-state index is -0.516. The maximum absolute atomic E-state index is 12.6. The largest absolute Gasteiger partial charge is 0.444 e. The molecule has 0 atom stereocenters. The Morgan fingerprint density at radius 2 is 1.71 bits per heavy atom. The molecule has 1 fully saturated rings. The van der Waals surface area contributed by atoms with Gasteiger partial charge in [0.05, 0.1) is 11.0 Å². The number of carbonyl (C=O) groups is 2. The summed E-state index contributed by atoms with van der Waals surface area (Å²) < 4.78 is 5.36. The van der Waals surface area contributed by atoms with Crippen molar-refractivity contribution in [2.75, 3.05) is 26.2 Å². The number of rotatable bonds is 1. The number of hydrogen-bond donors (Lipinski definition) is 1. The molecule has 2 aromatic rings. The molecule has 24 heavy (non-hydrogen) atoms. The Hall–Kier alpha value is -2.57. The van der Waals surface area contributed by atoms with Crippen LogP contribution >= 0.6 is 0 Å². The molecule has 1 N–H and O–H groups in total. The topological polar surface area (TPSA) is 78.5 Å². The summed E-state index contributed by atoms with van der Waals surface area (Å²) in [6, 6.07) is 7.54. The van der Waals surface area contributed by atoms with Crippen molar-refractivity contribution in [1.82, 2.24) is 19.8 Å². The smallest absolute Gasteiger partial charge is 0.410 e. The molecule has 2 amide bonds. The molecule has 0 bridgehead atoms. The van der Waals surface area contributed by atoms with Crippen molar-refractivity contribution < 1.29 is 14.3 Å². The third kappa shape index (κ3) is 3.50. The molecule has 1 aromatic carbocycles. The number of imidazole rings is 1. The normalized spacial score (nSPS) is 15.6. The monoisotopic (exact) mass is 330 g/mol. The van der Waals surface area contributed by atoms with Crippen molar-refractivity contribution in [2.24, 2.45) is 0 Å². The van der Waals surface area contributed by atoms with Crippen LogP contribution in [0.1, 0.15) is 31.4 Å². The van der Waals surface area contributed by atoms with Crippen LogP contribution in [0.25, 0.3) is 11.0 Å². The molecule has 0 radical (unpaired) electrons. The van der Waals surface area contributed by atoms with E-state index in [4.69, 9.17) is 4.74 Å². The van der Waals surface area contributed by atoms with Gasteiger partial charge in [0.2, 0.25) is 0 Å². The number of aromatic nitrogens is 2. The van der Waals surface area contributed by atoms with Crippen molar-refractivity contribution >= 4 is 23.0 Å². The lowest BCUT2D eigenvalue weighted by Gasteiger charge is -2.35. The molecule has 3 rings (SSSR count). The number of amides is 2. The van der Waals surface area contributed by atoms with Crippen LogP contribution < -0.4 is 0 Å².